The molecule has 1 aromatic heterocycles. The predicted molar refractivity (Wildman–Crippen MR) is 84.2 cm³/mol. The maximum atomic E-state index is 4.35. The monoisotopic (exact) mass is 287 g/mol. The van der Waals surface area contributed by atoms with Crippen LogP contribution in [0.1, 0.15) is 35.9 Å². The molecule has 1 N–H and O–H groups in total. The molecule has 1 aliphatic rings. The summed E-state index contributed by atoms with van der Waals surface area (Å²) in [7, 11) is 0. The maximum absolute atomic E-state index is 4.35. The first-order valence-electron chi connectivity index (χ1n) is 7.52. The molecule has 0 saturated heterocycles. The van der Waals surface area contributed by atoms with E-state index in [1.54, 1.807) is 11.3 Å². The summed E-state index contributed by atoms with van der Waals surface area (Å²) in [5.74, 6) is 0. The van der Waals surface area contributed by atoms with Crippen molar-refractivity contribution < 1.29 is 0 Å². The van der Waals surface area contributed by atoms with Gasteiger partial charge in [0, 0.05) is 18.5 Å². The molecule has 0 fully saturated rings. The third-order valence-electron chi connectivity index (χ3n) is 3.75. The van der Waals surface area contributed by atoms with Crippen LogP contribution in [0.3, 0.4) is 0 Å². The molecular formula is C16H21N3S. The van der Waals surface area contributed by atoms with Crippen molar-refractivity contribution in [2.24, 2.45) is 0 Å². The van der Waals surface area contributed by atoms with Gasteiger partial charge in [0.05, 0.1) is 0 Å². The summed E-state index contributed by atoms with van der Waals surface area (Å²) in [4.78, 5) is 0. The van der Waals surface area contributed by atoms with Gasteiger partial charge in [-0.1, -0.05) is 30.4 Å². The quantitative estimate of drug-likeness (QED) is 0.829. The van der Waals surface area contributed by atoms with Crippen LogP contribution in [0.2, 0.25) is 0 Å². The van der Waals surface area contributed by atoms with E-state index in [4.69, 9.17) is 0 Å². The van der Waals surface area contributed by atoms with Crippen molar-refractivity contribution in [1.82, 2.24) is 15.5 Å². The molecule has 0 saturated carbocycles. The van der Waals surface area contributed by atoms with Gasteiger partial charge in [-0.2, -0.15) is 0 Å². The first kappa shape index (κ1) is 13.7. The second kappa shape index (κ2) is 6.46. The molecule has 0 aliphatic heterocycles. The highest BCUT2D eigenvalue weighted by Gasteiger charge is 2.13. The second-order valence-corrected chi connectivity index (χ2v) is 6.40. The van der Waals surface area contributed by atoms with Gasteiger partial charge in [0.25, 0.3) is 0 Å². The van der Waals surface area contributed by atoms with Crippen molar-refractivity contribution in [3.8, 4) is 10.6 Å². The molecule has 1 aliphatic carbocycles. The van der Waals surface area contributed by atoms with Gasteiger partial charge in [0.1, 0.15) is 10.0 Å². The van der Waals surface area contributed by atoms with Gasteiger partial charge in [0.15, 0.2) is 0 Å². The molecule has 2 aromatic rings. The minimum atomic E-state index is 0.975. The molecule has 0 unspecified atom stereocenters. The molecule has 0 bridgehead atoms. The van der Waals surface area contributed by atoms with Crippen molar-refractivity contribution in [3.05, 3.63) is 34.3 Å². The Morgan fingerprint density at radius 2 is 2.05 bits per heavy atom. The van der Waals surface area contributed by atoms with Crippen LogP contribution < -0.4 is 5.32 Å². The molecule has 1 aromatic carbocycles. The molecule has 1 heterocycles. The zero-order valence-corrected chi connectivity index (χ0v) is 12.8. The molecule has 20 heavy (non-hydrogen) atoms. The standard InChI is InChI=1S/C16H21N3S/c1-2-9-17-10-8-15-18-19-16(20-15)14-7-6-12-4-3-5-13(12)11-14/h6-7,11,17H,2-5,8-10H2,1H3. The molecule has 0 atom stereocenters. The summed E-state index contributed by atoms with van der Waals surface area (Å²) in [5.41, 5.74) is 4.25. The largest absolute Gasteiger partial charge is 0.316 e. The topological polar surface area (TPSA) is 37.8 Å². The van der Waals surface area contributed by atoms with Crippen LogP contribution in [0.15, 0.2) is 18.2 Å². The zero-order valence-electron chi connectivity index (χ0n) is 12.0. The predicted octanol–water partition coefficient (Wildman–Crippen LogP) is 3.24. The average Bonchev–Trinajstić information content (AvgIpc) is 3.11. The van der Waals surface area contributed by atoms with E-state index in [9.17, 15) is 0 Å². The number of hydrogen-bond acceptors (Lipinski definition) is 4. The van der Waals surface area contributed by atoms with Crippen LogP contribution >= 0.6 is 11.3 Å². The highest BCUT2D eigenvalue weighted by molar-refractivity contribution is 7.14. The van der Waals surface area contributed by atoms with E-state index in [1.807, 2.05) is 0 Å². The van der Waals surface area contributed by atoms with Gasteiger partial charge in [-0.05, 0) is 49.4 Å². The van der Waals surface area contributed by atoms with E-state index in [0.29, 0.717) is 0 Å². The second-order valence-electron chi connectivity index (χ2n) is 5.34. The van der Waals surface area contributed by atoms with E-state index in [1.165, 1.54) is 42.4 Å². The Morgan fingerprint density at radius 1 is 1.15 bits per heavy atom. The average molecular weight is 287 g/mol. The Bertz CT molecular complexity index is 577. The van der Waals surface area contributed by atoms with Crippen LogP contribution in [-0.4, -0.2) is 23.3 Å². The fourth-order valence-corrected chi connectivity index (χ4v) is 3.51. The molecular weight excluding hydrogens is 266 g/mol. The van der Waals surface area contributed by atoms with Gasteiger partial charge >= 0.3 is 0 Å². The Kier molecular flexibility index (Phi) is 4.43. The number of fused-ring (bicyclic) bond motifs is 1. The lowest BCUT2D eigenvalue weighted by atomic mass is 10.1. The molecule has 0 radical (unpaired) electrons. The maximum Gasteiger partial charge on any atom is 0.147 e. The number of benzene rings is 1. The molecule has 4 heteroatoms. The first-order chi connectivity index (χ1) is 9.86. The number of nitrogens with one attached hydrogen (secondary N) is 1. The lowest BCUT2D eigenvalue weighted by molar-refractivity contribution is 0.668. The number of hydrogen-bond donors (Lipinski definition) is 1. The van der Waals surface area contributed by atoms with Crippen molar-refractivity contribution in [3.63, 3.8) is 0 Å². The number of aryl methyl sites for hydroxylation is 2. The summed E-state index contributed by atoms with van der Waals surface area (Å²) < 4.78 is 0. The van der Waals surface area contributed by atoms with E-state index in [0.717, 1.165) is 29.5 Å². The fourth-order valence-electron chi connectivity index (χ4n) is 2.67. The lowest BCUT2D eigenvalue weighted by Crippen LogP contribution is -2.17. The van der Waals surface area contributed by atoms with E-state index in [-0.39, 0.29) is 0 Å². The summed E-state index contributed by atoms with van der Waals surface area (Å²) >= 11 is 1.73. The SMILES string of the molecule is CCCNCCc1nnc(-c2ccc3c(c2)CCC3)s1. The Balaban J connectivity index is 1.67. The summed E-state index contributed by atoms with van der Waals surface area (Å²) in [5, 5.41) is 14.3. The van der Waals surface area contributed by atoms with Gasteiger partial charge in [-0.25, -0.2) is 0 Å². The lowest BCUT2D eigenvalue weighted by Gasteiger charge is -2.01. The molecule has 0 spiro atoms. The summed E-state index contributed by atoms with van der Waals surface area (Å²) in [6, 6.07) is 6.77. The van der Waals surface area contributed by atoms with E-state index >= 15 is 0 Å². The van der Waals surface area contributed by atoms with Crippen molar-refractivity contribution >= 4 is 11.3 Å². The van der Waals surface area contributed by atoms with Crippen LogP contribution in [0.4, 0.5) is 0 Å². The number of aromatic nitrogens is 2. The molecule has 3 nitrogen and oxygen atoms in total. The van der Waals surface area contributed by atoms with Gasteiger partial charge < -0.3 is 5.32 Å². The fraction of sp³-hybridized carbons (Fsp3) is 0.500. The smallest absolute Gasteiger partial charge is 0.147 e. The third-order valence-corrected chi connectivity index (χ3v) is 4.79. The molecule has 3 rings (SSSR count). The van der Waals surface area contributed by atoms with Gasteiger partial charge in [0.2, 0.25) is 0 Å². The molecule has 0 amide bonds. The van der Waals surface area contributed by atoms with E-state index < -0.39 is 0 Å². The van der Waals surface area contributed by atoms with Crippen LogP contribution in [-0.2, 0) is 19.3 Å². The summed E-state index contributed by atoms with van der Waals surface area (Å²) in [6.07, 6.45) is 5.90. The van der Waals surface area contributed by atoms with Gasteiger partial charge in [-0.15, -0.1) is 10.2 Å². The highest BCUT2D eigenvalue weighted by atomic mass is 32.1. The Hall–Kier alpha value is -1.26. The third kappa shape index (κ3) is 3.07. The van der Waals surface area contributed by atoms with Crippen molar-refractivity contribution in [2.45, 2.75) is 39.0 Å². The minimum absolute atomic E-state index is 0.975. The van der Waals surface area contributed by atoms with Crippen molar-refractivity contribution in [1.29, 1.82) is 0 Å². The first-order valence-corrected chi connectivity index (χ1v) is 8.33. The normalized spacial score (nSPS) is 13.7. The summed E-state index contributed by atoms with van der Waals surface area (Å²) in [6.45, 7) is 4.26. The number of rotatable bonds is 6. The van der Waals surface area contributed by atoms with Crippen LogP contribution in [0, 0.1) is 0 Å². The zero-order chi connectivity index (χ0) is 13.8. The molecule has 106 valence electrons. The van der Waals surface area contributed by atoms with Crippen LogP contribution in [0.5, 0.6) is 0 Å². The van der Waals surface area contributed by atoms with E-state index in [2.05, 4.69) is 40.6 Å². The number of nitrogens with zero attached hydrogens (tertiary/aromatic N) is 2. The van der Waals surface area contributed by atoms with Crippen molar-refractivity contribution in [2.75, 3.05) is 13.1 Å². The Morgan fingerprint density at radius 3 is 2.95 bits per heavy atom. The highest BCUT2D eigenvalue weighted by Crippen LogP contribution is 2.29. The minimum Gasteiger partial charge on any atom is -0.316 e. The van der Waals surface area contributed by atoms with Crippen LogP contribution in [0.25, 0.3) is 10.6 Å². The van der Waals surface area contributed by atoms with Gasteiger partial charge in [-0.3, -0.25) is 0 Å². The Labute approximate surface area is 124 Å².